The summed E-state index contributed by atoms with van der Waals surface area (Å²) in [4.78, 5) is 28.1. The highest BCUT2D eigenvalue weighted by molar-refractivity contribution is 6.00. The highest BCUT2D eigenvalue weighted by Crippen LogP contribution is 2.34. The van der Waals surface area contributed by atoms with Crippen molar-refractivity contribution in [3.8, 4) is 5.75 Å². The molecule has 1 aliphatic heterocycles. The largest absolute Gasteiger partial charge is 0.478 e. The van der Waals surface area contributed by atoms with Gasteiger partial charge in [0, 0.05) is 26.1 Å². The fraction of sp³-hybridized carbons (Fsp3) is 0.529. The SMILES string of the molecule is CCC1Oc2ccccc2N(CCC(=O)NCCN(C)C)C1=O. The number of carbonyl (C=O) groups excluding carboxylic acids is 2. The number of carbonyl (C=O) groups is 2. The second kappa shape index (κ2) is 7.97. The fourth-order valence-corrected chi connectivity index (χ4v) is 2.49. The number of ether oxygens (including phenoxy) is 1. The number of hydrogen-bond donors (Lipinski definition) is 1. The summed E-state index contributed by atoms with van der Waals surface area (Å²) >= 11 is 0. The molecule has 1 unspecified atom stereocenters. The predicted octanol–water partition coefficient (Wildman–Crippen LogP) is 1.26. The predicted molar refractivity (Wildman–Crippen MR) is 89.7 cm³/mol. The van der Waals surface area contributed by atoms with Crippen molar-refractivity contribution in [3.63, 3.8) is 0 Å². The number of rotatable bonds is 7. The van der Waals surface area contributed by atoms with Gasteiger partial charge in [-0.15, -0.1) is 0 Å². The monoisotopic (exact) mass is 319 g/mol. The molecule has 0 aromatic heterocycles. The van der Waals surface area contributed by atoms with Crippen molar-refractivity contribution < 1.29 is 14.3 Å². The van der Waals surface area contributed by atoms with E-state index in [1.807, 2.05) is 50.2 Å². The van der Waals surface area contributed by atoms with E-state index >= 15 is 0 Å². The van der Waals surface area contributed by atoms with Crippen LogP contribution in [0.1, 0.15) is 19.8 Å². The lowest BCUT2D eigenvalue weighted by Crippen LogP contribution is -2.47. The van der Waals surface area contributed by atoms with Crippen molar-refractivity contribution in [1.82, 2.24) is 10.2 Å². The van der Waals surface area contributed by atoms with E-state index in [0.29, 0.717) is 25.3 Å². The smallest absolute Gasteiger partial charge is 0.268 e. The van der Waals surface area contributed by atoms with Gasteiger partial charge < -0.3 is 19.9 Å². The molecule has 1 atom stereocenters. The Labute approximate surface area is 137 Å². The highest BCUT2D eigenvalue weighted by atomic mass is 16.5. The van der Waals surface area contributed by atoms with Gasteiger partial charge >= 0.3 is 0 Å². The average Bonchev–Trinajstić information content (AvgIpc) is 2.53. The molecule has 2 amide bonds. The lowest BCUT2D eigenvalue weighted by molar-refractivity contribution is -0.126. The van der Waals surface area contributed by atoms with Crippen LogP contribution in [0.3, 0.4) is 0 Å². The van der Waals surface area contributed by atoms with Crippen molar-refractivity contribution in [3.05, 3.63) is 24.3 Å². The molecule has 23 heavy (non-hydrogen) atoms. The van der Waals surface area contributed by atoms with Crippen LogP contribution in [0.25, 0.3) is 0 Å². The van der Waals surface area contributed by atoms with Crippen molar-refractivity contribution in [2.24, 2.45) is 0 Å². The minimum atomic E-state index is -0.471. The first-order valence-electron chi connectivity index (χ1n) is 8.01. The van der Waals surface area contributed by atoms with Gasteiger partial charge in [-0.3, -0.25) is 9.59 Å². The Hall–Kier alpha value is -2.08. The third-order valence-corrected chi connectivity index (χ3v) is 3.78. The van der Waals surface area contributed by atoms with Gasteiger partial charge in [0.1, 0.15) is 5.75 Å². The van der Waals surface area contributed by atoms with Crippen LogP contribution in [0.2, 0.25) is 0 Å². The number of hydrogen-bond acceptors (Lipinski definition) is 4. The van der Waals surface area contributed by atoms with Gasteiger partial charge in [-0.1, -0.05) is 19.1 Å². The summed E-state index contributed by atoms with van der Waals surface area (Å²) in [5.74, 6) is 0.580. The van der Waals surface area contributed by atoms with Crippen LogP contribution in [-0.4, -0.2) is 56.5 Å². The highest BCUT2D eigenvalue weighted by Gasteiger charge is 2.32. The standard InChI is InChI=1S/C17H25N3O3/c1-4-14-17(22)20(13-7-5-6-8-15(13)23-14)11-9-16(21)18-10-12-19(2)3/h5-8,14H,4,9-12H2,1-3H3,(H,18,21). The van der Waals surface area contributed by atoms with Gasteiger partial charge in [-0.25, -0.2) is 0 Å². The summed E-state index contributed by atoms with van der Waals surface area (Å²) in [6.07, 6.45) is 0.421. The van der Waals surface area contributed by atoms with Crippen LogP contribution >= 0.6 is 0 Å². The molecule has 0 bridgehead atoms. The van der Waals surface area contributed by atoms with E-state index in [9.17, 15) is 9.59 Å². The van der Waals surface area contributed by atoms with E-state index in [4.69, 9.17) is 4.74 Å². The lowest BCUT2D eigenvalue weighted by Gasteiger charge is -2.33. The molecule has 6 heteroatoms. The molecule has 1 aromatic carbocycles. The normalized spacial score (nSPS) is 17.0. The molecule has 1 N–H and O–H groups in total. The summed E-state index contributed by atoms with van der Waals surface area (Å²) in [7, 11) is 3.92. The number of amides is 2. The molecule has 1 aromatic rings. The fourth-order valence-electron chi connectivity index (χ4n) is 2.49. The first-order valence-corrected chi connectivity index (χ1v) is 8.01. The third kappa shape index (κ3) is 4.45. The van der Waals surface area contributed by atoms with Crippen LogP contribution < -0.4 is 15.0 Å². The molecule has 0 fully saturated rings. The zero-order valence-electron chi connectivity index (χ0n) is 14.0. The van der Waals surface area contributed by atoms with Gasteiger partial charge in [0.05, 0.1) is 5.69 Å². The van der Waals surface area contributed by atoms with Crippen LogP contribution in [-0.2, 0) is 9.59 Å². The number of benzene rings is 1. The Kier molecular flexibility index (Phi) is 5.98. The molecular weight excluding hydrogens is 294 g/mol. The van der Waals surface area contributed by atoms with Crippen molar-refractivity contribution in [2.75, 3.05) is 38.6 Å². The van der Waals surface area contributed by atoms with Gasteiger partial charge in [-0.05, 0) is 32.6 Å². The maximum atomic E-state index is 12.5. The number of likely N-dealkylation sites (N-methyl/N-ethyl adjacent to an activating group) is 1. The van der Waals surface area contributed by atoms with Crippen LogP contribution in [0.15, 0.2) is 24.3 Å². The van der Waals surface area contributed by atoms with Gasteiger partial charge in [-0.2, -0.15) is 0 Å². The second-order valence-corrected chi connectivity index (χ2v) is 5.88. The quantitative estimate of drug-likeness (QED) is 0.822. The number of fused-ring (bicyclic) bond motifs is 1. The van der Waals surface area contributed by atoms with E-state index in [1.54, 1.807) is 4.90 Å². The minimum absolute atomic E-state index is 0.0447. The first kappa shape index (κ1) is 17.3. The molecule has 1 aliphatic rings. The summed E-state index contributed by atoms with van der Waals surface area (Å²) in [5.41, 5.74) is 0.739. The van der Waals surface area contributed by atoms with Gasteiger partial charge in [0.2, 0.25) is 5.91 Å². The number of para-hydroxylation sites is 2. The van der Waals surface area contributed by atoms with Crippen LogP contribution in [0.5, 0.6) is 5.75 Å². The Balaban J connectivity index is 1.97. The summed E-state index contributed by atoms with van der Waals surface area (Å²) in [6.45, 7) is 3.69. The van der Waals surface area contributed by atoms with Crippen LogP contribution in [0, 0.1) is 0 Å². The van der Waals surface area contributed by atoms with Crippen LogP contribution in [0.4, 0.5) is 5.69 Å². The maximum Gasteiger partial charge on any atom is 0.268 e. The Bertz CT molecular complexity index is 560. The molecule has 0 saturated carbocycles. The number of nitrogens with zero attached hydrogens (tertiary/aromatic N) is 2. The lowest BCUT2D eigenvalue weighted by atomic mass is 10.1. The Morgan fingerprint density at radius 1 is 1.35 bits per heavy atom. The molecule has 0 spiro atoms. The summed E-state index contributed by atoms with van der Waals surface area (Å²) in [6, 6.07) is 7.46. The summed E-state index contributed by atoms with van der Waals surface area (Å²) < 4.78 is 5.72. The first-order chi connectivity index (χ1) is 11.0. The van der Waals surface area contributed by atoms with E-state index in [1.165, 1.54) is 0 Å². The zero-order valence-corrected chi connectivity index (χ0v) is 14.0. The van der Waals surface area contributed by atoms with Gasteiger partial charge in [0.25, 0.3) is 5.91 Å². The molecule has 0 radical (unpaired) electrons. The topological polar surface area (TPSA) is 61.9 Å². The molecule has 6 nitrogen and oxygen atoms in total. The third-order valence-electron chi connectivity index (χ3n) is 3.78. The van der Waals surface area contributed by atoms with E-state index in [-0.39, 0.29) is 18.2 Å². The molecule has 126 valence electrons. The number of nitrogens with one attached hydrogen (secondary N) is 1. The van der Waals surface area contributed by atoms with Crippen molar-refractivity contribution in [1.29, 1.82) is 0 Å². The Morgan fingerprint density at radius 3 is 2.78 bits per heavy atom. The molecular formula is C17H25N3O3. The maximum absolute atomic E-state index is 12.5. The minimum Gasteiger partial charge on any atom is -0.478 e. The van der Waals surface area contributed by atoms with E-state index < -0.39 is 6.10 Å². The Morgan fingerprint density at radius 2 is 2.09 bits per heavy atom. The van der Waals surface area contributed by atoms with E-state index in [0.717, 1.165) is 12.2 Å². The van der Waals surface area contributed by atoms with Crippen molar-refractivity contribution >= 4 is 17.5 Å². The number of anilines is 1. The summed E-state index contributed by atoms with van der Waals surface area (Å²) in [5, 5.41) is 2.87. The molecule has 0 saturated heterocycles. The van der Waals surface area contributed by atoms with Gasteiger partial charge in [0.15, 0.2) is 6.10 Å². The molecule has 0 aliphatic carbocycles. The average molecular weight is 319 g/mol. The zero-order chi connectivity index (χ0) is 16.8. The second-order valence-electron chi connectivity index (χ2n) is 5.88. The molecule has 2 rings (SSSR count). The van der Waals surface area contributed by atoms with E-state index in [2.05, 4.69) is 5.32 Å². The van der Waals surface area contributed by atoms with Crippen molar-refractivity contribution in [2.45, 2.75) is 25.9 Å². The molecule has 1 heterocycles.